The molecule has 0 atom stereocenters. The molecule has 1 aliphatic heterocycles. The predicted molar refractivity (Wildman–Crippen MR) is 122 cm³/mol. The van der Waals surface area contributed by atoms with E-state index in [1.807, 2.05) is 16.4 Å². The molecule has 0 aromatic carbocycles. The topological polar surface area (TPSA) is 87.4 Å². The maximum absolute atomic E-state index is 12.5. The molecule has 10 heteroatoms. The van der Waals surface area contributed by atoms with Crippen LogP contribution in [0.15, 0.2) is 22.8 Å². The first-order chi connectivity index (χ1) is 13.2. The Hall–Kier alpha value is -1.69. The summed E-state index contributed by atoms with van der Waals surface area (Å²) in [6.07, 6.45) is 3.53. The number of hydrogen-bond donors (Lipinski definition) is 2. The van der Waals surface area contributed by atoms with E-state index < -0.39 is 0 Å². The van der Waals surface area contributed by atoms with Crippen LogP contribution in [0.25, 0.3) is 0 Å². The van der Waals surface area contributed by atoms with Gasteiger partial charge in [-0.1, -0.05) is 6.92 Å². The number of aryl methyl sites for hydroxylation is 1. The number of hydrogen-bond acceptors (Lipinski definition) is 5. The number of carbonyl (C=O) groups is 1. The molecular weight excluding hydrogens is 489 g/mol. The minimum Gasteiger partial charge on any atom is -0.357 e. The van der Waals surface area contributed by atoms with Gasteiger partial charge in [0.1, 0.15) is 18.7 Å². The van der Waals surface area contributed by atoms with Crippen LogP contribution in [-0.2, 0) is 30.7 Å². The zero-order valence-corrected chi connectivity index (χ0v) is 19.5. The van der Waals surface area contributed by atoms with Crippen LogP contribution in [0, 0.1) is 0 Å². The summed E-state index contributed by atoms with van der Waals surface area (Å²) in [5.41, 5.74) is 1.27. The predicted octanol–water partition coefficient (Wildman–Crippen LogP) is 1.66. The van der Waals surface area contributed by atoms with Crippen LogP contribution in [0.2, 0.25) is 0 Å². The highest BCUT2D eigenvalue weighted by molar-refractivity contribution is 14.0. The monoisotopic (exact) mass is 517 g/mol. The number of nitrogens with one attached hydrogen (secondary N) is 2. The second kappa shape index (κ2) is 11.3. The van der Waals surface area contributed by atoms with E-state index in [2.05, 4.69) is 44.2 Å². The Balaban J connectivity index is 0.00000280. The zero-order valence-electron chi connectivity index (χ0n) is 16.3. The number of guanidine groups is 1. The van der Waals surface area contributed by atoms with Crippen LogP contribution in [0.4, 0.5) is 0 Å². The summed E-state index contributed by atoms with van der Waals surface area (Å²) in [6.45, 7) is 7.89. The molecule has 2 aromatic rings. The van der Waals surface area contributed by atoms with Crippen LogP contribution in [0.1, 0.15) is 30.1 Å². The average molecular weight is 517 g/mol. The van der Waals surface area contributed by atoms with Crippen molar-refractivity contribution in [2.45, 2.75) is 39.8 Å². The van der Waals surface area contributed by atoms with Crippen molar-refractivity contribution in [3.05, 3.63) is 34.0 Å². The molecular formula is C18H28IN7OS. The number of aliphatic imine (C=N–C) groups is 1. The molecule has 1 amide bonds. The molecule has 154 valence electrons. The smallest absolute Gasteiger partial charge is 0.244 e. The van der Waals surface area contributed by atoms with Crippen molar-refractivity contribution in [3.8, 4) is 0 Å². The molecule has 0 spiro atoms. The van der Waals surface area contributed by atoms with Crippen molar-refractivity contribution < 1.29 is 4.79 Å². The number of fused-ring (bicyclic) bond motifs is 1. The molecule has 8 nitrogen and oxygen atoms in total. The Labute approximate surface area is 186 Å². The normalized spacial score (nSPS) is 13.6. The second-order valence-electron chi connectivity index (χ2n) is 6.35. The van der Waals surface area contributed by atoms with Gasteiger partial charge in [-0.2, -0.15) is 0 Å². The molecule has 0 bridgehead atoms. The summed E-state index contributed by atoms with van der Waals surface area (Å²) >= 11 is 1.78. The van der Waals surface area contributed by atoms with E-state index in [4.69, 9.17) is 0 Å². The van der Waals surface area contributed by atoms with E-state index in [1.54, 1.807) is 17.7 Å². The van der Waals surface area contributed by atoms with Crippen LogP contribution in [-0.4, -0.2) is 57.7 Å². The number of aromatic nitrogens is 3. The van der Waals surface area contributed by atoms with E-state index in [0.29, 0.717) is 19.0 Å². The fourth-order valence-corrected chi connectivity index (χ4v) is 3.97. The van der Waals surface area contributed by atoms with Gasteiger partial charge in [-0.05, 0) is 30.4 Å². The highest BCUT2D eigenvalue weighted by atomic mass is 127. The summed E-state index contributed by atoms with van der Waals surface area (Å²) in [5, 5.41) is 16.6. The summed E-state index contributed by atoms with van der Waals surface area (Å²) in [5.74, 6) is 1.69. The molecule has 0 unspecified atom stereocenters. The second-order valence-corrected chi connectivity index (χ2v) is 7.35. The molecule has 0 aliphatic carbocycles. The molecule has 28 heavy (non-hydrogen) atoms. The van der Waals surface area contributed by atoms with Crippen molar-refractivity contribution in [1.82, 2.24) is 30.3 Å². The van der Waals surface area contributed by atoms with Crippen molar-refractivity contribution in [1.29, 1.82) is 0 Å². The lowest BCUT2D eigenvalue weighted by Gasteiger charge is -2.26. The minimum atomic E-state index is 0. The largest absolute Gasteiger partial charge is 0.357 e. The van der Waals surface area contributed by atoms with Crippen molar-refractivity contribution in [3.63, 3.8) is 0 Å². The van der Waals surface area contributed by atoms with Gasteiger partial charge in [-0.3, -0.25) is 4.79 Å². The van der Waals surface area contributed by atoms with Gasteiger partial charge in [-0.15, -0.1) is 45.5 Å². The lowest BCUT2D eigenvalue weighted by Crippen LogP contribution is -2.41. The van der Waals surface area contributed by atoms with Gasteiger partial charge in [0.2, 0.25) is 5.91 Å². The highest BCUT2D eigenvalue weighted by Crippen LogP contribution is 2.23. The standard InChI is InChI=1S/C18H27N7OS.HI/c1-3-16-23-22-13-25(16)9-7-20-18(19-4-2)21-11-17(26)24-8-5-15-14(12-24)6-10-27-15;/h6,10,13H,3-5,7-9,11-12H2,1-2H3,(H2,19,20,21);1H. The summed E-state index contributed by atoms with van der Waals surface area (Å²) in [4.78, 5) is 20.3. The van der Waals surface area contributed by atoms with Crippen LogP contribution >= 0.6 is 35.3 Å². The quantitative estimate of drug-likeness (QED) is 0.332. The molecule has 0 fully saturated rings. The van der Waals surface area contributed by atoms with Crippen LogP contribution in [0.3, 0.4) is 0 Å². The van der Waals surface area contributed by atoms with Gasteiger partial charge in [-0.25, -0.2) is 4.99 Å². The third-order valence-corrected chi connectivity index (χ3v) is 5.56. The Morgan fingerprint density at radius 3 is 3.00 bits per heavy atom. The minimum absolute atomic E-state index is 0. The van der Waals surface area contributed by atoms with Crippen molar-refractivity contribution >= 4 is 47.2 Å². The lowest BCUT2D eigenvalue weighted by molar-refractivity contribution is -0.130. The zero-order chi connectivity index (χ0) is 19.1. The first kappa shape index (κ1) is 22.6. The molecule has 0 radical (unpaired) electrons. The van der Waals surface area contributed by atoms with Gasteiger partial charge in [0.15, 0.2) is 5.96 Å². The first-order valence-electron chi connectivity index (χ1n) is 9.43. The Bertz CT molecular complexity index is 789. The summed E-state index contributed by atoms with van der Waals surface area (Å²) in [6, 6.07) is 2.11. The maximum Gasteiger partial charge on any atom is 0.244 e. The van der Waals surface area contributed by atoms with Gasteiger partial charge < -0.3 is 20.1 Å². The number of amides is 1. The lowest BCUT2D eigenvalue weighted by atomic mass is 10.1. The van der Waals surface area contributed by atoms with E-state index in [0.717, 1.165) is 38.3 Å². The number of halogens is 1. The van der Waals surface area contributed by atoms with Gasteiger partial charge >= 0.3 is 0 Å². The first-order valence-corrected chi connectivity index (χ1v) is 10.3. The fraction of sp³-hybridized carbons (Fsp3) is 0.556. The Kier molecular flexibility index (Phi) is 9.16. The third kappa shape index (κ3) is 5.90. The summed E-state index contributed by atoms with van der Waals surface area (Å²) in [7, 11) is 0. The highest BCUT2D eigenvalue weighted by Gasteiger charge is 2.21. The number of carbonyl (C=O) groups excluding carboxylic acids is 1. The number of rotatable bonds is 7. The summed E-state index contributed by atoms with van der Waals surface area (Å²) < 4.78 is 2.02. The number of thiophene rings is 1. The number of nitrogens with zero attached hydrogens (tertiary/aromatic N) is 5. The van der Waals surface area contributed by atoms with Crippen molar-refractivity contribution in [2.24, 2.45) is 4.99 Å². The maximum atomic E-state index is 12.5. The average Bonchev–Trinajstić information content (AvgIpc) is 3.33. The Morgan fingerprint density at radius 1 is 1.36 bits per heavy atom. The van der Waals surface area contributed by atoms with Crippen LogP contribution < -0.4 is 10.6 Å². The van der Waals surface area contributed by atoms with E-state index in [9.17, 15) is 4.79 Å². The van der Waals surface area contributed by atoms with Gasteiger partial charge in [0.25, 0.3) is 0 Å². The van der Waals surface area contributed by atoms with Gasteiger partial charge in [0.05, 0.1) is 0 Å². The van der Waals surface area contributed by atoms with E-state index in [1.165, 1.54) is 10.4 Å². The molecule has 2 N–H and O–H groups in total. The molecule has 3 rings (SSSR count). The van der Waals surface area contributed by atoms with E-state index >= 15 is 0 Å². The molecule has 2 aromatic heterocycles. The van der Waals surface area contributed by atoms with E-state index in [-0.39, 0.29) is 36.4 Å². The van der Waals surface area contributed by atoms with Gasteiger partial charge in [0, 0.05) is 44.0 Å². The molecule has 0 saturated heterocycles. The van der Waals surface area contributed by atoms with Crippen LogP contribution in [0.5, 0.6) is 0 Å². The molecule has 0 saturated carbocycles. The molecule has 3 heterocycles. The molecule has 1 aliphatic rings. The van der Waals surface area contributed by atoms with Crippen molar-refractivity contribution in [2.75, 3.05) is 26.2 Å². The SMILES string of the molecule is CCNC(=NCC(=O)N1CCc2sccc2C1)NCCn1cnnc1CC.I. The fourth-order valence-electron chi connectivity index (χ4n) is 3.08. The Morgan fingerprint density at radius 2 is 2.21 bits per heavy atom. The third-order valence-electron chi connectivity index (χ3n) is 4.53.